The first kappa shape index (κ1) is 27.4. The molecule has 0 unspecified atom stereocenters. The van der Waals surface area contributed by atoms with E-state index in [1.807, 2.05) is 30.3 Å². The first-order chi connectivity index (χ1) is 19.5. The van der Waals surface area contributed by atoms with Crippen LogP contribution in [0.1, 0.15) is 5.56 Å². The summed E-state index contributed by atoms with van der Waals surface area (Å²) >= 11 is 0. The quantitative estimate of drug-likeness (QED) is 0.154. The van der Waals surface area contributed by atoms with Crippen LogP contribution >= 0.6 is 0 Å². The fourth-order valence-corrected chi connectivity index (χ4v) is 3.31. The van der Waals surface area contributed by atoms with E-state index in [0.29, 0.717) is 39.9 Å². The van der Waals surface area contributed by atoms with Crippen LogP contribution < -0.4 is 30.3 Å². The fraction of sp³-hybridized carbons (Fsp3) is 0.0667. The number of carbonyl (C=O) groups is 3. The summed E-state index contributed by atoms with van der Waals surface area (Å²) in [6.45, 7) is -0.173. The second-order valence-electron chi connectivity index (χ2n) is 8.23. The lowest BCUT2D eigenvalue weighted by molar-refractivity contribution is -0.136. The van der Waals surface area contributed by atoms with E-state index >= 15 is 0 Å². The Morgan fingerprint density at radius 1 is 0.675 bits per heavy atom. The van der Waals surface area contributed by atoms with Gasteiger partial charge in [0.15, 0.2) is 6.61 Å². The van der Waals surface area contributed by atoms with Crippen molar-refractivity contribution >= 4 is 35.3 Å². The second kappa shape index (κ2) is 13.8. The third-order valence-electron chi connectivity index (χ3n) is 5.30. The Kier molecular flexibility index (Phi) is 9.43. The van der Waals surface area contributed by atoms with Gasteiger partial charge in [-0.05, 0) is 90.5 Å². The van der Waals surface area contributed by atoms with Gasteiger partial charge in [0.2, 0.25) is 0 Å². The molecule has 0 atom stereocenters. The predicted octanol–water partition coefficient (Wildman–Crippen LogP) is 4.59. The van der Waals surface area contributed by atoms with Crippen molar-refractivity contribution in [1.29, 1.82) is 0 Å². The number of carbonyl (C=O) groups excluding carboxylic acids is 3. The molecule has 0 saturated carbocycles. The maximum absolute atomic E-state index is 12.2. The van der Waals surface area contributed by atoms with Crippen LogP contribution in [0.2, 0.25) is 0 Å². The van der Waals surface area contributed by atoms with Gasteiger partial charge in [0.25, 0.3) is 5.91 Å². The number of ether oxygens (including phenoxy) is 3. The molecule has 4 aromatic rings. The van der Waals surface area contributed by atoms with Crippen molar-refractivity contribution in [2.75, 3.05) is 24.4 Å². The van der Waals surface area contributed by atoms with Crippen LogP contribution in [0, 0.1) is 0 Å². The standard InChI is InChI=1S/C30H26N4O6/c1-38-24-15-9-22(10-16-24)32-28(35)20-39-25-13-7-21(8-14-25)19-31-34-30(37)29(36)33-23-11-17-27(18-12-23)40-26-5-3-2-4-6-26/h2-19H,20H2,1H3,(H,32,35)(H,33,36)(H,34,37)/b31-19-. The average molecular weight is 539 g/mol. The molecule has 40 heavy (non-hydrogen) atoms. The topological polar surface area (TPSA) is 127 Å². The molecular formula is C30H26N4O6. The number of nitrogens with zero attached hydrogens (tertiary/aromatic N) is 1. The molecule has 3 N–H and O–H groups in total. The number of anilines is 2. The van der Waals surface area contributed by atoms with E-state index in [-0.39, 0.29) is 12.5 Å². The summed E-state index contributed by atoms with van der Waals surface area (Å²) < 4.78 is 16.3. The summed E-state index contributed by atoms with van der Waals surface area (Å²) in [5.41, 5.74) is 3.88. The molecule has 4 aromatic carbocycles. The van der Waals surface area contributed by atoms with Gasteiger partial charge >= 0.3 is 11.8 Å². The number of amides is 3. The molecule has 202 valence electrons. The minimum atomic E-state index is -0.927. The Bertz CT molecular complexity index is 1460. The molecular weight excluding hydrogens is 512 g/mol. The van der Waals surface area contributed by atoms with E-state index in [1.165, 1.54) is 6.21 Å². The van der Waals surface area contributed by atoms with Gasteiger partial charge in [0.05, 0.1) is 13.3 Å². The molecule has 0 aliphatic rings. The average Bonchev–Trinajstić information content (AvgIpc) is 2.98. The van der Waals surface area contributed by atoms with Gasteiger partial charge < -0.3 is 24.8 Å². The predicted molar refractivity (Wildman–Crippen MR) is 151 cm³/mol. The van der Waals surface area contributed by atoms with Crippen LogP contribution in [0.15, 0.2) is 108 Å². The molecule has 0 spiro atoms. The minimum absolute atomic E-state index is 0.173. The Morgan fingerprint density at radius 2 is 1.25 bits per heavy atom. The van der Waals surface area contributed by atoms with E-state index in [1.54, 1.807) is 79.9 Å². The van der Waals surface area contributed by atoms with E-state index in [4.69, 9.17) is 14.2 Å². The van der Waals surface area contributed by atoms with Gasteiger partial charge in [-0.25, -0.2) is 5.43 Å². The molecule has 0 fully saturated rings. The zero-order chi connectivity index (χ0) is 28.2. The van der Waals surface area contributed by atoms with Crippen molar-refractivity contribution in [2.24, 2.45) is 5.10 Å². The first-order valence-electron chi connectivity index (χ1n) is 12.1. The third-order valence-corrected chi connectivity index (χ3v) is 5.30. The van der Waals surface area contributed by atoms with Gasteiger partial charge in [-0.2, -0.15) is 5.10 Å². The maximum atomic E-state index is 12.2. The molecule has 0 bridgehead atoms. The van der Waals surface area contributed by atoms with Gasteiger partial charge in [-0.3, -0.25) is 14.4 Å². The maximum Gasteiger partial charge on any atom is 0.329 e. The molecule has 3 amide bonds. The number of para-hydroxylation sites is 1. The minimum Gasteiger partial charge on any atom is -0.497 e. The summed E-state index contributed by atoms with van der Waals surface area (Å²) in [5, 5.41) is 9.04. The first-order valence-corrected chi connectivity index (χ1v) is 12.1. The summed E-state index contributed by atoms with van der Waals surface area (Å²) in [4.78, 5) is 36.3. The van der Waals surface area contributed by atoms with Crippen LogP contribution in [0.5, 0.6) is 23.0 Å². The smallest absolute Gasteiger partial charge is 0.329 e. The highest BCUT2D eigenvalue weighted by atomic mass is 16.5. The Hall–Kier alpha value is -5.64. The SMILES string of the molecule is COc1ccc(NC(=O)COc2ccc(/C=N\NC(=O)C(=O)Nc3ccc(Oc4ccccc4)cc3)cc2)cc1. The number of hydrogen-bond donors (Lipinski definition) is 3. The Balaban J connectivity index is 1.18. The van der Waals surface area contributed by atoms with Crippen LogP contribution in [0.3, 0.4) is 0 Å². The second-order valence-corrected chi connectivity index (χ2v) is 8.23. The Morgan fingerprint density at radius 3 is 1.90 bits per heavy atom. The van der Waals surface area contributed by atoms with Crippen molar-refractivity contribution in [1.82, 2.24) is 5.43 Å². The highest BCUT2D eigenvalue weighted by Gasteiger charge is 2.13. The van der Waals surface area contributed by atoms with Gasteiger partial charge in [-0.15, -0.1) is 0 Å². The molecule has 10 heteroatoms. The van der Waals surface area contributed by atoms with Crippen LogP contribution in [-0.2, 0) is 14.4 Å². The molecule has 0 aliphatic heterocycles. The summed E-state index contributed by atoms with van der Waals surface area (Å²) in [7, 11) is 1.57. The molecule has 10 nitrogen and oxygen atoms in total. The lowest BCUT2D eigenvalue weighted by Gasteiger charge is -2.08. The molecule has 0 aromatic heterocycles. The van der Waals surface area contributed by atoms with Crippen molar-refractivity contribution < 1.29 is 28.6 Å². The molecule has 4 rings (SSSR count). The molecule has 0 radical (unpaired) electrons. The zero-order valence-corrected chi connectivity index (χ0v) is 21.5. The zero-order valence-electron chi connectivity index (χ0n) is 21.5. The highest BCUT2D eigenvalue weighted by molar-refractivity contribution is 6.39. The van der Waals surface area contributed by atoms with Crippen LogP contribution in [0.4, 0.5) is 11.4 Å². The van der Waals surface area contributed by atoms with Gasteiger partial charge in [0, 0.05) is 11.4 Å². The van der Waals surface area contributed by atoms with Crippen LogP contribution in [0.25, 0.3) is 0 Å². The fourth-order valence-electron chi connectivity index (χ4n) is 3.31. The number of nitrogens with one attached hydrogen (secondary N) is 3. The highest BCUT2D eigenvalue weighted by Crippen LogP contribution is 2.22. The number of hydrazone groups is 1. The van der Waals surface area contributed by atoms with E-state index in [0.717, 1.165) is 0 Å². The monoisotopic (exact) mass is 538 g/mol. The number of benzene rings is 4. The van der Waals surface area contributed by atoms with Crippen LogP contribution in [-0.4, -0.2) is 37.7 Å². The largest absolute Gasteiger partial charge is 0.497 e. The number of hydrogen-bond acceptors (Lipinski definition) is 7. The normalized spacial score (nSPS) is 10.4. The molecule has 0 aliphatic carbocycles. The van der Waals surface area contributed by atoms with Crippen molar-refractivity contribution in [3.8, 4) is 23.0 Å². The van der Waals surface area contributed by atoms with Crippen molar-refractivity contribution in [2.45, 2.75) is 0 Å². The Labute approximate surface area is 230 Å². The summed E-state index contributed by atoms with van der Waals surface area (Å²) in [6.07, 6.45) is 1.38. The summed E-state index contributed by atoms with van der Waals surface area (Å²) in [6, 6.07) is 29.5. The number of methoxy groups -OCH3 is 1. The third kappa shape index (κ3) is 8.45. The lowest BCUT2D eigenvalue weighted by Crippen LogP contribution is -2.32. The van der Waals surface area contributed by atoms with Crippen molar-refractivity contribution in [3.63, 3.8) is 0 Å². The van der Waals surface area contributed by atoms with Gasteiger partial charge in [0.1, 0.15) is 23.0 Å². The summed E-state index contributed by atoms with van der Waals surface area (Å²) in [5.74, 6) is 0.337. The van der Waals surface area contributed by atoms with Crippen molar-refractivity contribution in [3.05, 3.63) is 109 Å². The number of rotatable bonds is 10. The van der Waals surface area contributed by atoms with E-state index < -0.39 is 11.8 Å². The lowest BCUT2D eigenvalue weighted by atomic mass is 10.2. The molecule has 0 heterocycles. The van der Waals surface area contributed by atoms with E-state index in [2.05, 4.69) is 21.2 Å². The van der Waals surface area contributed by atoms with Gasteiger partial charge in [-0.1, -0.05) is 18.2 Å². The van der Waals surface area contributed by atoms with E-state index in [9.17, 15) is 14.4 Å². The molecule has 0 saturated heterocycles.